The Balaban J connectivity index is 1.60. The number of nitrogens with one attached hydrogen (secondary N) is 2. The first-order chi connectivity index (χ1) is 11.9. The minimum absolute atomic E-state index is 0.249. The van der Waals surface area contributed by atoms with Gasteiger partial charge in [-0.05, 0) is 63.6 Å². The molecule has 2 aliphatic rings. The van der Waals surface area contributed by atoms with E-state index in [2.05, 4.69) is 40.3 Å². The lowest BCUT2D eigenvalue weighted by molar-refractivity contribution is 0.221. The maximum absolute atomic E-state index is 5.69. The minimum Gasteiger partial charge on any atom is -0.468 e. The lowest BCUT2D eigenvalue weighted by Gasteiger charge is -2.24. The van der Waals surface area contributed by atoms with Gasteiger partial charge in [0.25, 0.3) is 0 Å². The zero-order chi connectivity index (χ0) is 16.6. The summed E-state index contributed by atoms with van der Waals surface area (Å²) in [5, 5.41) is 7.63. The molecule has 0 aromatic carbocycles. The normalized spacial score (nSPS) is 23.5. The van der Waals surface area contributed by atoms with Gasteiger partial charge in [0.15, 0.2) is 5.96 Å². The van der Waals surface area contributed by atoms with E-state index in [0.717, 1.165) is 49.7 Å². The number of rotatable bonds is 7. The molecule has 3 rings (SSSR count). The zero-order valence-corrected chi connectivity index (χ0v) is 15.5. The van der Waals surface area contributed by atoms with Crippen LogP contribution in [0, 0.1) is 0 Å². The van der Waals surface area contributed by atoms with E-state index in [9.17, 15) is 0 Å². The number of hydrogen-bond donors (Lipinski definition) is 2. The summed E-state index contributed by atoms with van der Waals surface area (Å²) in [5.41, 5.74) is 0. The molecule has 24 heavy (non-hydrogen) atoms. The van der Waals surface area contributed by atoms with Crippen LogP contribution >= 0.6 is 11.8 Å². The number of guanidine groups is 1. The van der Waals surface area contributed by atoms with E-state index >= 15 is 0 Å². The second kappa shape index (κ2) is 9.37. The van der Waals surface area contributed by atoms with Crippen LogP contribution in [0.4, 0.5) is 0 Å². The smallest absolute Gasteiger partial charge is 0.191 e. The molecule has 1 aromatic heterocycles. The number of thioether (sulfide) groups is 1. The van der Waals surface area contributed by atoms with Crippen LogP contribution in [0.25, 0.3) is 0 Å². The summed E-state index contributed by atoms with van der Waals surface area (Å²) in [4.78, 5) is 7.36. The monoisotopic (exact) mass is 350 g/mol. The van der Waals surface area contributed by atoms with Gasteiger partial charge in [-0.1, -0.05) is 0 Å². The van der Waals surface area contributed by atoms with Crippen molar-refractivity contribution in [3.8, 4) is 0 Å². The summed E-state index contributed by atoms with van der Waals surface area (Å²) >= 11 is 2.08. The Kier molecular flexibility index (Phi) is 6.90. The van der Waals surface area contributed by atoms with Crippen molar-refractivity contribution in [2.24, 2.45) is 4.99 Å². The van der Waals surface area contributed by atoms with Crippen molar-refractivity contribution in [1.82, 2.24) is 15.5 Å². The van der Waals surface area contributed by atoms with Crippen LogP contribution in [0.2, 0.25) is 0 Å². The van der Waals surface area contributed by atoms with Gasteiger partial charge in [-0.15, -0.1) is 0 Å². The maximum Gasteiger partial charge on any atom is 0.191 e. The Labute approximate surface area is 149 Å². The predicted molar refractivity (Wildman–Crippen MR) is 102 cm³/mol. The number of nitrogens with zero attached hydrogens (tertiary/aromatic N) is 2. The lowest BCUT2D eigenvalue weighted by Crippen LogP contribution is -2.41. The number of aliphatic imine (C=N–C) groups is 1. The van der Waals surface area contributed by atoms with Crippen molar-refractivity contribution < 1.29 is 4.42 Å². The highest BCUT2D eigenvalue weighted by atomic mass is 32.2. The van der Waals surface area contributed by atoms with Crippen LogP contribution in [0.5, 0.6) is 0 Å². The molecule has 0 aliphatic carbocycles. The quantitative estimate of drug-likeness (QED) is 0.585. The van der Waals surface area contributed by atoms with E-state index in [1.165, 1.54) is 31.4 Å². The molecule has 0 bridgehead atoms. The largest absolute Gasteiger partial charge is 0.468 e. The molecule has 0 saturated carbocycles. The molecule has 1 aromatic rings. The molecule has 2 N–H and O–H groups in total. The molecule has 2 unspecified atom stereocenters. The molecular weight excluding hydrogens is 320 g/mol. The highest BCUT2D eigenvalue weighted by Gasteiger charge is 2.25. The highest BCUT2D eigenvalue weighted by molar-refractivity contribution is 8.00. The number of hydrogen-bond acceptors (Lipinski definition) is 4. The molecular formula is C18H30N4OS. The summed E-state index contributed by atoms with van der Waals surface area (Å²) in [6.07, 6.45) is 6.99. The summed E-state index contributed by atoms with van der Waals surface area (Å²) in [7, 11) is 0. The van der Waals surface area contributed by atoms with Crippen LogP contribution in [-0.4, -0.2) is 54.6 Å². The van der Waals surface area contributed by atoms with E-state index in [1.807, 2.05) is 6.07 Å². The summed E-state index contributed by atoms with van der Waals surface area (Å²) < 4.78 is 5.69. The zero-order valence-electron chi connectivity index (χ0n) is 14.7. The molecule has 0 amide bonds. The van der Waals surface area contributed by atoms with Crippen LogP contribution in [-0.2, 0) is 0 Å². The molecule has 0 radical (unpaired) electrons. The Bertz CT molecular complexity index is 493. The predicted octanol–water partition coefficient (Wildman–Crippen LogP) is 2.87. The van der Waals surface area contributed by atoms with Crippen molar-refractivity contribution in [2.45, 2.75) is 43.9 Å². The SMILES string of the molecule is CCNC(=NCC(c1ccco1)N1CCCC1)NCC1CCCS1. The van der Waals surface area contributed by atoms with E-state index in [-0.39, 0.29) is 6.04 Å². The number of likely N-dealkylation sites (tertiary alicyclic amines) is 1. The Morgan fingerprint density at radius 1 is 1.38 bits per heavy atom. The van der Waals surface area contributed by atoms with Gasteiger partial charge in [0.2, 0.25) is 0 Å². The Morgan fingerprint density at radius 2 is 2.25 bits per heavy atom. The molecule has 2 saturated heterocycles. The highest BCUT2D eigenvalue weighted by Crippen LogP contribution is 2.26. The van der Waals surface area contributed by atoms with Gasteiger partial charge in [0.05, 0.1) is 18.8 Å². The third kappa shape index (κ3) is 4.93. The van der Waals surface area contributed by atoms with Gasteiger partial charge in [-0.3, -0.25) is 9.89 Å². The van der Waals surface area contributed by atoms with Gasteiger partial charge in [0, 0.05) is 18.3 Å². The molecule has 134 valence electrons. The molecule has 2 fully saturated rings. The van der Waals surface area contributed by atoms with Crippen LogP contribution in [0.1, 0.15) is 44.4 Å². The van der Waals surface area contributed by atoms with Gasteiger partial charge >= 0.3 is 0 Å². The first-order valence-corrected chi connectivity index (χ1v) is 10.3. The Morgan fingerprint density at radius 3 is 2.92 bits per heavy atom. The first-order valence-electron chi connectivity index (χ1n) is 9.28. The number of furan rings is 1. The minimum atomic E-state index is 0.249. The van der Waals surface area contributed by atoms with Crippen LogP contribution < -0.4 is 10.6 Å². The van der Waals surface area contributed by atoms with Gasteiger partial charge in [-0.25, -0.2) is 0 Å². The fourth-order valence-electron chi connectivity index (χ4n) is 3.45. The second-order valence-corrected chi connectivity index (χ2v) is 7.92. The molecule has 0 spiro atoms. The average molecular weight is 351 g/mol. The fourth-order valence-corrected chi connectivity index (χ4v) is 4.66. The fraction of sp³-hybridized carbons (Fsp3) is 0.722. The van der Waals surface area contributed by atoms with Crippen molar-refractivity contribution in [1.29, 1.82) is 0 Å². The second-order valence-electron chi connectivity index (χ2n) is 6.51. The summed E-state index contributed by atoms with van der Waals surface area (Å²) in [6.45, 7) is 7.03. The third-order valence-electron chi connectivity index (χ3n) is 4.74. The van der Waals surface area contributed by atoms with Gasteiger partial charge in [0.1, 0.15) is 5.76 Å². The van der Waals surface area contributed by atoms with Crippen molar-refractivity contribution in [3.63, 3.8) is 0 Å². The van der Waals surface area contributed by atoms with E-state index < -0.39 is 0 Å². The molecule has 2 atom stereocenters. The topological polar surface area (TPSA) is 52.8 Å². The maximum atomic E-state index is 5.69. The van der Waals surface area contributed by atoms with E-state index in [4.69, 9.17) is 9.41 Å². The molecule has 3 heterocycles. The van der Waals surface area contributed by atoms with Crippen molar-refractivity contribution in [2.75, 3.05) is 38.5 Å². The molecule has 5 nitrogen and oxygen atoms in total. The first kappa shape index (κ1) is 17.7. The van der Waals surface area contributed by atoms with E-state index in [1.54, 1.807) is 6.26 Å². The molecule has 2 aliphatic heterocycles. The van der Waals surface area contributed by atoms with Crippen LogP contribution in [0.3, 0.4) is 0 Å². The van der Waals surface area contributed by atoms with E-state index in [0.29, 0.717) is 0 Å². The Hall–Kier alpha value is -1.14. The summed E-state index contributed by atoms with van der Waals surface area (Å²) in [5.74, 6) is 3.26. The van der Waals surface area contributed by atoms with Gasteiger partial charge < -0.3 is 15.1 Å². The van der Waals surface area contributed by atoms with Crippen molar-refractivity contribution in [3.05, 3.63) is 24.2 Å². The van der Waals surface area contributed by atoms with Crippen molar-refractivity contribution >= 4 is 17.7 Å². The van der Waals surface area contributed by atoms with Gasteiger partial charge in [-0.2, -0.15) is 11.8 Å². The molecule has 6 heteroatoms. The standard InChI is InChI=1S/C18H30N4OS/c1-2-19-18(20-13-15-7-6-12-24-15)21-14-16(17-8-5-11-23-17)22-9-3-4-10-22/h5,8,11,15-16H,2-4,6-7,9-10,12-14H2,1H3,(H2,19,20,21). The average Bonchev–Trinajstić information content (AvgIpc) is 3.35. The summed E-state index contributed by atoms with van der Waals surface area (Å²) in [6, 6.07) is 4.30. The lowest BCUT2D eigenvalue weighted by atomic mass is 10.2. The third-order valence-corrected chi connectivity index (χ3v) is 6.14. The van der Waals surface area contributed by atoms with Crippen LogP contribution in [0.15, 0.2) is 27.8 Å².